The molecule has 0 heterocycles. The van der Waals surface area contributed by atoms with Gasteiger partial charge in [-0.3, -0.25) is 0 Å². The molecular formula is C24H31Cl2N3O4S. The number of urea groups is 1. The molecule has 0 atom stereocenters. The summed E-state index contributed by atoms with van der Waals surface area (Å²) in [5, 5.41) is 3.22. The number of rotatable bonds is 11. The third-order valence-electron chi connectivity index (χ3n) is 5.71. The largest absolute Gasteiger partial charge is 0.379 e. The van der Waals surface area contributed by atoms with E-state index in [4.69, 9.17) is 27.4 Å². The first kappa shape index (κ1) is 26.4. The maximum absolute atomic E-state index is 13.1. The third kappa shape index (κ3) is 6.71. The molecule has 10 heteroatoms. The van der Waals surface area contributed by atoms with Gasteiger partial charge in [0.2, 0.25) is 0 Å². The van der Waals surface area contributed by atoms with E-state index in [1.165, 1.54) is 18.2 Å². The van der Waals surface area contributed by atoms with Crippen molar-refractivity contribution in [3.05, 3.63) is 52.0 Å². The van der Waals surface area contributed by atoms with Gasteiger partial charge in [-0.1, -0.05) is 29.3 Å². The van der Waals surface area contributed by atoms with Crippen molar-refractivity contribution in [3.8, 4) is 5.75 Å². The van der Waals surface area contributed by atoms with Gasteiger partial charge in [0.25, 0.3) is 0 Å². The molecule has 1 aliphatic rings. The lowest BCUT2D eigenvalue weighted by molar-refractivity contribution is 0.192. The molecule has 0 bridgehead atoms. The normalized spacial score (nSPS) is 13.4. The fourth-order valence-electron chi connectivity index (χ4n) is 3.64. The summed E-state index contributed by atoms with van der Waals surface area (Å²) in [5.41, 5.74) is 1.44. The van der Waals surface area contributed by atoms with E-state index in [0.29, 0.717) is 24.6 Å². The summed E-state index contributed by atoms with van der Waals surface area (Å²) < 4.78 is 31.9. The predicted octanol–water partition coefficient (Wildman–Crippen LogP) is 5.55. The molecule has 1 N–H and O–H groups in total. The van der Waals surface area contributed by atoms with E-state index in [1.54, 1.807) is 11.0 Å². The number of amides is 2. The lowest BCUT2D eigenvalue weighted by atomic mass is 10.1. The van der Waals surface area contributed by atoms with Gasteiger partial charge >= 0.3 is 16.1 Å². The van der Waals surface area contributed by atoms with E-state index in [-0.39, 0.29) is 33.3 Å². The molecule has 2 aromatic rings. The van der Waals surface area contributed by atoms with Crippen molar-refractivity contribution in [2.24, 2.45) is 5.92 Å². The standard InChI is InChI=1S/C24H31Cl2N3O4S/c1-4-27-24(30)29(15-17-7-8-17)16-18-9-10-19(28(5-2)6-3)13-23(18)33-34(31,32)20-11-12-21(25)22(26)14-20/h9-14,17H,4-8,15-16H2,1-3H3,(H,27,30). The highest BCUT2D eigenvalue weighted by Crippen LogP contribution is 2.34. The first-order valence-electron chi connectivity index (χ1n) is 11.5. The zero-order valence-electron chi connectivity index (χ0n) is 19.7. The van der Waals surface area contributed by atoms with Crippen molar-refractivity contribution in [2.75, 3.05) is 31.1 Å². The molecule has 1 fully saturated rings. The van der Waals surface area contributed by atoms with Gasteiger partial charge in [0, 0.05) is 43.5 Å². The van der Waals surface area contributed by atoms with Gasteiger partial charge in [-0.25, -0.2) is 4.79 Å². The van der Waals surface area contributed by atoms with Gasteiger partial charge in [0.05, 0.1) is 16.6 Å². The van der Waals surface area contributed by atoms with Crippen molar-refractivity contribution in [1.29, 1.82) is 0 Å². The van der Waals surface area contributed by atoms with Gasteiger partial charge in [-0.2, -0.15) is 8.42 Å². The van der Waals surface area contributed by atoms with Crippen LogP contribution in [0, 0.1) is 5.92 Å². The Morgan fingerprint density at radius 1 is 1.06 bits per heavy atom. The minimum absolute atomic E-state index is 0.0975. The minimum Gasteiger partial charge on any atom is -0.379 e. The highest BCUT2D eigenvalue weighted by Gasteiger charge is 2.28. The van der Waals surface area contributed by atoms with Crippen LogP contribution in [0.4, 0.5) is 10.5 Å². The quantitative estimate of drug-likeness (QED) is 0.387. The summed E-state index contributed by atoms with van der Waals surface area (Å²) in [7, 11) is -4.19. The van der Waals surface area contributed by atoms with Gasteiger partial charge in [-0.15, -0.1) is 0 Å². The highest BCUT2D eigenvalue weighted by atomic mass is 35.5. The zero-order chi connectivity index (χ0) is 24.9. The van der Waals surface area contributed by atoms with Crippen molar-refractivity contribution < 1.29 is 17.4 Å². The fourth-order valence-corrected chi connectivity index (χ4v) is 4.98. The average molecular weight is 529 g/mol. The average Bonchev–Trinajstić information content (AvgIpc) is 3.61. The SMILES string of the molecule is CCNC(=O)N(Cc1ccc(N(CC)CC)cc1OS(=O)(=O)c1ccc(Cl)c(Cl)c1)CC1CC1. The third-order valence-corrected chi connectivity index (χ3v) is 7.68. The maximum Gasteiger partial charge on any atom is 0.339 e. The van der Waals surface area contributed by atoms with Gasteiger partial charge in [0.15, 0.2) is 0 Å². The predicted molar refractivity (Wildman–Crippen MR) is 136 cm³/mol. The Morgan fingerprint density at radius 3 is 2.35 bits per heavy atom. The molecule has 186 valence electrons. The topological polar surface area (TPSA) is 79.0 Å². The number of halogens is 2. The molecule has 3 rings (SSSR count). The van der Waals surface area contributed by atoms with E-state index in [2.05, 4.69) is 10.2 Å². The summed E-state index contributed by atoms with van der Waals surface area (Å²) in [4.78, 5) is 16.4. The van der Waals surface area contributed by atoms with Crippen LogP contribution >= 0.6 is 23.2 Å². The second-order valence-electron chi connectivity index (χ2n) is 8.24. The van der Waals surface area contributed by atoms with Crippen molar-refractivity contribution >= 4 is 45.0 Å². The molecule has 0 spiro atoms. The minimum atomic E-state index is -4.19. The molecule has 0 aromatic heterocycles. The summed E-state index contributed by atoms with van der Waals surface area (Å²) >= 11 is 12.0. The number of hydrogen-bond acceptors (Lipinski definition) is 5. The van der Waals surface area contributed by atoms with Crippen LogP contribution < -0.4 is 14.4 Å². The number of nitrogens with one attached hydrogen (secondary N) is 1. The summed E-state index contributed by atoms with van der Waals surface area (Å²) in [6, 6.07) is 9.32. The van der Waals surface area contributed by atoms with Crippen LogP contribution in [0.5, 0.6) is 5.75 Å². The molecule has 0 unspecified atom stereocenters. The number of carbonyl (C=O) groups is 1. The number of anilines is 1. The van der Waals surface area contributed by atoms with Gasteiger partial charge < -0.3 is 19.3 Å². The van der Waals surface area contributed by atoms with Crippen LogP contribution in [-0.4, -0.2) is 45.5 Å². The Labute approximate surface area is 212 Å². The van der Waals surface area contributed by atoms with Crippen LogP contribution in [0.15, 0.2) is 41.3 Å². The molecule has 7 nitrogen and oxygen atoms in total. The van der Waals surface area contributed by atoms with Crippen LogP contribution in [0.1, 0.15) is 39.2 Å². The van der Waals surface area contributed by atoms with E-state index >= 15 is 0 Å². The lowest BCUT2D eigenvalue weighted by Crippen LogP contribution is -2.40. The van der Waals surface area contributed by atoms with E-state index in [1.807, 2.05) is 32.9 Å². The fraction of sp³-hybridized carbons (Fsp3) is 0.458. The second-order valence-corrected chi connectivity index (χ2v) is 10.6. The lowest BCUT2D eigenvalue weighted by Gasteiger charge is -2.26. The van der Waals surface area contributed by atoms with Crippen molar-refractivity contribution in [2.45, 2.75) is 45.1 Å². The molecule has 1 aliphatic carbocycles. The summed E-state index contributed by atoms with van der Waals surface area (Å²) in [6.45, 7) is 8.77. The molecule has 1 saturated carbocycles. The first-order valence-corrected chi connectivity index (χ1v) is 13.6. The van der Waals surface area contributed by atoms with E-state index in [0.717, 1.165) is 31.6 Å². The molecule has 2 aromatic carbocycles. The Hall–Kier alpha value is -2.16. The zero-order valence-corrected chi connectivity index (χ0v) is 22.0. The molecule has 0 aliphatic heterocycles. The highest BCUT2D eigenvalue weighted by molar-refractivity contribution is 7.87. The summed E-state index contributed by atoms with van der Waals surface area (Å²) in [5.74, 6) is 0.655. The molecular weight excluding hydrogens is 497 g/mol. The number of nitrogens with zero attached hydrogens (tertiary/aromatic N) is 2. The van der Waals surface area contributed by atoms with Gasteiger partial charge in [0.1, 0.15) is 10.6 Å². The number of hydrogen-bond donors (Lipinski definition) is 1. The van der Waals surface area contributed by atoms with Crippen LogP contribution in [-0.2, 0) is 16.7 Å². The molecule has 2 amide bonds. The maximum atomic E-state index is 13.1. The molecule has 34 heavy (non-hydrogen) atoms. The van der Waals surface area contributed by atoms with E-state index < -0.39 is 10.1 Å². The second kappa shape index (κ2) is 11.5. The monoisotopic (exact) mass is 527 g/mol. The Balaban J connectivity index is 1.98. The Morgan fingerprint density at radius 2 is 1.76 bits per heavy atom. The number of carbonyl (C=O) groups excluding carboxylic acids is 1. The molecule has 0 saturated heterocycles. The first-order chi connectivity index (χ1) is 16.2. The van der Waals surface area contributed by atoms with Crippen molar-refractivity contribution in [1.82, 2.24) is 10.2 Å². The summed E-state index contributed by atoms with van der Waals surface area (Å²) in [6.07, 6.45) is 2.18. The number of benzene rings is 2. The van der Waals surface area contributed by atoms with E-state index in [9.17, 15) is 13.2 Å². The smallest absolute Gasteiger partial charge is 0.339 e. The van der Waals surface area contributed by atoms with Crippen LogP contribution in [0.25, 0.3) is 0 Å². The van der Waals surface area contributed by atoms with Gasteiger partial charge in [-0.05, 0) is 63.8 Å². The Kier molecular flexibility index (Phi) is 8.95. The van der Waals surface area contributed by atoms with Crippen molar-refractivity contribution in [3.63, 3.8) is 0 Å². The molecule has 0 radical (unpaired) electrons. The van der Waals surface area contributed by atoms with Crippen LogP contribution in [0.2, 0.25) is 10.0 Å². The Bertz CT molecular complexity index is 1120. The van der Waals surface area contributed by atoms with Crippen LogP contribution in [0.3, 0.4) is 0 Å².